The molecule has 0 aromatic heterocycles. The number of piperidine rings is 1. The van der Waals surface area contributed by atoms with E-state index in [-0.39, 0.29) is 17.7 Å². The third-order valence-electron chi connectivity index (χ3n) is 4.14. The molecule has 5 heteroatoms. The van der Waals surface area contributed by atoms with Crippen molar-refractivity contribution in [1.82, 2.24) is 15.5 Å². The minimum Gasteiger partial charge on any atom is -0.344 e. The van der Waals surface area contributed by atoms with E-state index in [4.69, 9.17) is 0 Å². The monoisotopic (exact) mass is 267 g/mol. The third-order valence-corrected chi connectivity index (χ3v) is 4.14. The highest BCUT2D eigenvalue weighted by Gasteiger charge is 2.29. The van der Waals surface area contributed by atoms with E-state index >= 15 is 0 Å². The van der Waals surface area contributed by atoms with Gasteiger partial charge in [-0.25, -0.2) is 0 Å². The van der Waals surface area contributed by atoms with Crippen molar-refractivity contribution < 1.29 is 9.59 Å². The van der Waals surface area contributed by atoms with Crippen LogP contribution in [0.2, 0.25) is 0 Å². The van der Waals surface area contributed by atoms with Crippen molar-refractivity contribution in [2.75, 3.05) is 19.6 Å². The van der Waals surface area contributed by atoms with E-state index in [0.717, 1.165) is 45.3 Å². The van der Waals surface area contributed by atoms with Crippen LogP contribution in [-0.4, -0.2) is 48.4 Å². The summed E-state index contributed by atoms with van der Waals surface area (Å²) in [7, 11) is 0. The molecule has 2 fully saturated rings. The minimum atomic E-state index is -0.393. The minimum absolute atomic E-state index is 0.0356. The molecule has 0 radical (unpaired) electrons. The molecule has 0 aromatic rings. The van der Waals surface area contributed by atoms with Crippen molar-refractivity contribution >= 4 is 11.8 Å². The van der Waals surface area contributed by atoms with Gasteiger partial charge in [-0.3, -0.25) is 9.59 Å². The molecule has 5 nitrogen and oxygen atoms in total. The molecule has 0 aromatic carbocycles. The molecule has 108 valence electrons. The fourth-order valence-corrected chi connectivity index (χ4v) is 2.97. The number of carbonyl (C=O) groups is 2. The Balaban J connectivity index is 1.82. The molecule has 19 heavy (non-hydrogen) atoms. The van der Waals surface area contributed by atoms with Gasteiger partial charge in [-0.1, -0.05) is 0 Å². The number of likely N-dealkylation sites (tertiary alicyclic amines) is 1. The number of hydrogen-bond acceptors (Lipinski definition) is 3. The van der Waals surface area contributed by atoms with Gasteiger partial charge in [0.05, 0.1) is 0 Å². The first kappa shape index (κ1) is 14.3. The van der Waals surface area contributed by atoms with Crippen LogP contribution >= 0.6 is 0 Å². The summed E-state index contributed by atoms with van der Waals surface area (Å²) in [6, 6.07) is -0.00937. The lowest BCUT2D eigenvalue weighted by molar-refractivity contribution is -0.136. The SMILES string of the molecule is CC1CC(C(=O)NC(C)C(=O)N2CCCC2)CCN1. The molecular weight excluding hydrogens is 242 g/mol. The van der Waals surface area contributed by atoms with Gasteiger partial charge in [0.1, 0.15) is 6.04 Å². The Kier molecular flexibility index (Phi) is 4.80. The molecule has 3 atom stereocenters. The van der Waals surface area contributed by atoms with Crippen LogP contribution in [0.25, 0.3) is 0 Å². The Morgan fingerprint density at radius 1 is 1.32 bits per heavy atom. The third kappa shape index (κ3) is 3.69. The van der Waals surface area contributed by atoms with Gasteiger partial charge in [0.15, 0.2) is 0 Å². The van der Waals surface area contributed by atoms with E-state index in [2.05, 4.69) is 17.6 Å². The highest BCUT2D eigenvalue weighted by Crippen LogP contribution is 2.16. The Morgan fingerprint density at radius 3 is 2.63 bits per heavy atom. The Morgan fingerprint density at radius 2 is 2.00 bits per heavy atom. The normalized spacial score (nSPS) is 29.1. The fraction of sp³-hybridized carbons (Fsp3) is 0.857. The number of nitrogens with zero attached hydrogens (tertiary/aromatic N) is 1. The first-order valence-corrected chi connectivity index (χ1v) is 7.40. The second-order valence-electron chi connectivity index (χ2n) is 5.84. The van der Waals surface area contributed by atoms with Crippen LogP contribution in [0.15, 0.2) is 0 Å². The fourth-order valence-electron chi connectivity index (χ4n) is 2.97. The average molecular weight is 267 g/mol. The van der Waals surface area contributed by atoms with Crippen LogP contribution in [0.3, 0.4) is 0 Å². The van der Waals surface area contributed by atoms with E-state index in [0.29, 0.717) is 6.04 Å². The molecule has 2 aliphatic heterocycles. The maximum Gasteiger partial charge on any atom is 0.244 e. The molecule has 2 amide bonds. The maximum atomic E-state index is 12.2. The topological polar surface area (TPSA) is 61.4 Å². The lowest BCUT2D eigenvalue weighted by atomic mass is 9.92. The summed E-state index contributed by atoms with van der Waals surface area (Å²) in [6.07, 6.45) is 3.88. The molecule has 0 aliphatic carbocycles. The maximum absolute atomic E-state index is 12.2. The Bertz CT molecular complexity index is 340. The summed E-state index contributed by atoms with van der Waals surface area (Å²) in [5, 5.41) is 6.22. The molecule has 2 aliphatic rings. The Hall–Kier alpha value is -1.10. The molecule has 0 bridgehead atoms. The molecule has 3 unspecified atom stereocenters. The first-order chi connectivity index (χ1) is 9.08. The van der Waals surface area contributed by atoms with Gasteiger partial charge in [0.2, 0.25) is 11.8 Å². The van der Waals surface area contributed by atoms with E-state index in [1.54, 1.807) is 6.92 Å². The molecular formula is C14H25N3O2. The smallest absolute Gasteiger partial charge is 0.244 e. The number of hydrogen-bond donors (Lipinski definition) is 2. The van der Waals surface area contributed by atoms with Gasteiger partial charge in [0.25, 0.3) is 0 Å². The zero-order chi connectivity index (χ0) is 13.8. The predicted molar refractivity (Wildman–Crippen MR) is 73.6 cm³/mol. The van der Waals surface area contributed by atoms with Crippen LogP contribution in [0.5, 0.6) is 0 Å². The van der Waals surface area contributed by atoms with Gasteiger partial charge in [-0.2, -0.15) is 0 Å². The standard InChI is InChI=1S/C14H25N3O2/c1-10-9-12(5-6-15-10)13(18)16-11(2)14(19)17-7-3-4-8-17/h10-12,15H,3-9H2,1-2H3,(H,16,18). The number of nitrogens with one attached hydrogen (secondary N) is 2. The molecule has 2 N–H and O–H groups in total. The van der Waals surface area contributed by atoms with Gasteiger partial charge in [-0.15, -0.1) is 0 Å². The predicted octanol–water partition coefficient (Wildman–Crippen LogP) is 0.502. The van der Waals surface area contributed by atoms with E-state index in [9.17, 15) is 9.59 Å². The van der Waals surface area contributed by atoms with Gasteiger partial charge in [0, 0.05) is 25.0 Å². The summed E-state index contributed by atoms with van der Waals surface area (Å²) in [6.45, 7) is 6.45. The first-order valence-electron chi connectivity index (χ1n) is 7.40. The van der Waals surface area contributed by atoms with Crippen LogP contribution in [0.1, 0.15) is 39.5 Å². The molecule has 2 heterocycles. The highest BCUT2D eigenvalue weighted by atomic mass is 16.2. The van der Waals surface area contributed by atoms with Crippen LogP contribution < -0.4 is 10.6 Å². The number of rotatable bonds is 3. The van der Waals surface area contributed by atoms with Crippen molar-refractivity contribution in [1.29, 1.82) is 0 Å². The lowest BCUT2D eigenvalue weighted by Crippen LogP contribution is -2.49. The zero-order valence-corrected chi connectivity index (χ0v) is 11.9. The number of carbonyl (C=O) groups excluding carboxylic acids is 2. The summed E-state index contributed by atoms with van der Waals surface area (Å²) >= 11 is 0. The van der Waals surface area contributed by atoms with Crippen molar-refractivity contribution in [2.45, 2.75) is 51.6 Å². The van der Waals surface area contributed by atoms with Gasteiger partial charge >= 0.3 is 0 Å². The highest BCUT2D eigenvalue weighted by molar-refractivity contribution is 5.88. The molecule has 0 saturated carbocycles. The van der Waals surface area contributed by atoms with Crippen LogP contribution in [-0.2, 0) is 9.59 Å². The zero-order valence-electron chi connectivity index (χ0n) is 11.9. The summed E-state index contributed by atoms with van der Waals surface area (Å²) < 4.78 is 0. The van der Waals surface area contributed by atoms with E-state index in [1.165, 1.54) is 0 Å². The second-order valence-corrected chi connectivity index (χ2v) is 5.84. The van der Waals surface area contributed by atoms with Crippen molar-refractivity contribution in [3.8, 4) is 0 Å². The van der Waals surface area contributed by atoms with Crippen LogP contribution in [0.4, 0.5) is 0 Å². The lowest BCUT2D eigenvalue weighted by Gasteiger charge is -2.28. The van der Waals surface area contributed by atoms with Gasteiger partial charge in [-0.05, 0) is 46.1 Å². The average Bonchev–Trinajstić information content (AvgIpc) is 2.91. The van der Waals surface area contributed by atoms with Crippen molar-refractivity contribution in [3.05, 3.63) is 0 Å². The van der Waals surface area contributed by atoms with E-state index < -0.39 is 6.04 Å². The van der Waals surface area contributed by atoms with Gasteiger partial charge < -0.3 is 15.5 Å². The quantitative estimate of drug-likeness (QED) is 0.783. The second kappa shape index (κ2) is 6.37. The van der Waals surface area contributed by atoms with Crippen molar-refractivity contribution in [3.63, 3.8) is 0 Å². The Labute approximate surface area is 115 Å². The summed E-state index contributed by atoms with van der Waals surface area (Å²) in [5.74, 6) is 0.145. The number of amides is 2. The van der Waals surface area contributed by atoms with E-state index in [1.807, 2.05) is 4.90 Å². The molecule has 0 spiro atoms. The molecule has 2 saturated heterocycles. The molecule has 2 rings (SSSR count). The van der Waals surface area contributed by atoms with Crippen molar-refractivity contribution in [2.24, 2.45) is 5.92 Å². The summed E-state index contributed by atoms with van der Waals surface area (Å²) in [5.41, 5.74) is 0. The largest absolute Gasteiger partial charge is 0.344 e. The summed E-state index contributed by atoms with van der Waals surface area (Å²) in [4.78, 5) is 26.1. The van der Waals surface area contributed by atoms with Crippen LogP contribution in [0, 0.1) is 5.92 Å².